The number of hydrogen-bond donors (Lipinski definition) is 2. The van der Waals surface area contributed by atoms with Crippen LogP contribution in [-0.4, -0.2) is 41.6 Å². The average molecular weight is 452 g/mol. The number of benzene rings is 1. The fourth-order valence-corrected chi connectivity index (χ4v) is 3.13. The largest absolute Gasteiger partial charge is 0.480 e. The highest BCUT2D eigenvalue weighted by Crippen LogP contribution is 2.36. The molecule has 0 radical (unpaired) electrons. The quantitative estimate of drug-likeness (QED) is 0.341. The lowest BCUT2D eigenvalue weighted by Gasteiger charge is -2.28. The molecule has 0 aliphatic carbocycles. The van der Waals surface area contributed by atoms with Gasteiger partial charge in [-0.15, -0.1) is 0 Å². The van der Waals surface area contributed by atoms with Crippen molar-refractivity contribution in [3.63, 3.8) is 0 Å². The molecule has 3 atom stereocenters. The van der Waals surface area contributed by atoms with Gasteiger partial charge in [-0.05, 0) is 36.5 Å². The van der Waals surface area contributed by atoms with Crippen LogP contribution in [0.25, 0.3) is 0 Å². The molecule has 3 N–H and O–H groups in total. The molecule has 1 aromatic carbocycles. The van der Waals surface area contributed by atoms with Gasteiger partial charge in [0.15, 0.2) is 11.5 Å². The highest BCUT2D eigenvalue weighted by molar-refractivity contribution is 5.77. The summed E-state index contributed by atoms with van der Waals surface area (Å²) in [6.45, 7) is 6.99. The normalized spacial score (nSPS) is 13.5. The van der Waals surface area contributed by atoms with Crippen molar-refractivity contribution in [1.29, 1.82) is 0 Å². The number of hydrogen-bond acceptors (Lipinski definition) is 8. The topological polar surface area (TPSA) is 142 Å². The SMILES string of the molecule is CCCC(=O)Oc1ccc(C(C(C)COC(=O)CC)[C@H](N)C(=O)O)cc1OC(=O)CCC. The molecule has 0 aliphatic rings. The van der Waals surface area contributed by atoms with Crippen LogP contribution in [0.5, 0.6) is 11.5 Å². The number of carbonyl (C=O) groups excluding carboxylic acids is 3. The summed E-state index contributed by atoms with van der Waals surface area (Å²) in [5.74, 6) is -3.78. The first-order chi connectivity index (χ1) is 15.1. The fraction of sp³-hybridized carbons (Fsp3) is 0.565. The van der Waals surface area contributed by atoms with Gasteiger partial charge in [-0.3, -0.25) is 19.2 Å². The summed E-state index contributed by atoms with van der Waals surface area (Å²) < 4.78 is 15.9. The lowest BCUT2D eigenvalue weighted by atomic mass is 9.82. The van der Waals surface area contributed by atoms with Crippen LogP contribution in [0.4, 0.5) is 0 Å². The van der Waals surface area contributed by atoms with Gasteiger partial charge in [-0.25, -0.2) is 0 Å². The number of esters is 3. The predicted octanol–water partition coefficient (Wildman–Crippen LogP) is 3.18. The molecular weight excluding hydrogens is 418 g/mol. The Kier molecular flexibility index (Phi) is 11.4. The van der Waals surface area contributed by atoms with Crippen LogP contribution in [-0.2, 0) is 23.9 Å². The molecule has 0 aliphatic heterocycles. The van der Waals surface area contributed by atoms with Gasteiger partial charge in [0.1, 0.15) is 6.04 Å². The van der Waals surface area contributed by atoms with Crippen molar-refractivity contribution in [2.75, 3.05) is 6.61 Å². The summed E-state index contributed by atoms with van der Waals surface area (Å²) in [7, 11) is 0. The van der Waals surface area contributed by atoms with Gasteiger partial charge in [0.25, 0.3) is 0 Å². The molecule has 0 spiro atoms. The Morgan fingerprint density at radius 1 is 0.938 bits per heavy atom. The molecule has 1 rings (SSSR count). The number of nitrogens with two attached hydrogens (primary N) is 1. The van der Waals surface area contributed by atoms with Crippen molar-refractivity contribution in [3.05, 3.63) is 23.8 Å². The summed E-state index contributed by atoms with van der Waals surface area (Å²) in [5, 5.41) is 9.52. The third-order valence-electron chi connectivity index (χ3n) is 4.79. The third-order valence-corrected chi connectivity index (χ3v) is 4.79. The Bertz CT molecular complexity index is 807. The molecule has 32 heavy (non-hydrogen) atoms. The molecule has 0 saturated heterocycles. The number of aliphatic carboxylic acids is 1. The first kappa shape index (κ1) is 27.1. The van der Waals surface area contributed by atoms with Crippen molar-refractivity contribution in [2.24, 2.45) is 11.7 Å². The molecule has 0 amide bonds. The van der Waals surface area contributed by atoms with Crippen LogP contribution in [0.2, 0.25) is 0 Å². The maximum Gasteiger partial charge on any atom is 0.321 e. The zero-order valence-corrected chi connectivity index (χ0v) is 19.1. The van der Waals surface area contributed by atoms with E-state index in [4.69, 9.17) is 19.9 Å². The second-order valence-corrected chi connectivity index (χ2v) is 7.56. The first-order valence-electron chi connectivity index (χ1n) is 10.8. The van der Waals surface area contributed by atoms with E-state index in [1.54, 1.807) is 19.9 Å². The number of carbonyl (C=O) groups is 4. The van der Waals surface area contributed by atoms with Gasteiger partial charge in [-0.2, -0.15) is 0 Å². The van der Waals surface area contributed by atoms with Crippen molar-refractivity contribution < 1.29 is 38.5 Å². The van der Waals surface area contributed by atoms with E-state index < -0.39 is 41.8 Å². The number of carboxylic acids is 1. The summed E-state index contributed by atoms with van der Waals surface area (Å²) in [5.41, 5.74) is 6.41. The zero-order chi connectivity index (χ0) is 24.3. The standard InChI is InChI=1S/C23H33NO8/c1-5-8-19(26)31-16-11-10-15(12-17(16)32-20(27)9-6-2)21(22(24)23(28)29)14(4)13-30-18(25)7-3/h10-12,14,21-22H,5-9,13,24H2,1-4H3,(H,28,29)/t14?,21?,22-/m0/s1. The molecule has 0 bridgehead atoms. The highest BCUT2D eigenvalue weighted by Gasteiger charge is 2.32. The Morgan fingerprint density at radius 2 is 1.50 bits per heavy atom. The molecule has 2 unspecified atom stereocenters. The van der Waals surface area contributed by atoms with Gasteiger partial charge < -0.3 is 25.1 Å². The van der Waals surface area contributed by atoms with Crippen molar-refractivity contribution in [2.45, 2.75) is 71.8 Å². The van der Waals surface area contributed by atoms with Crippen LogP contribution >= 0.6 is 0 Å². The second-order valence-electron chi connectivity index (χ2n) is 7.56. The van der Waals surface area contributed by atoms with Crippen LogP contribution in [0.3, 0.4) is 0 Å². The average Bonchev–Trinajstić information content (AvgIpc) is 2.74. The summed E-state index contributed by atoms with van der Waals surface area (Å²) in [4.78, 5) is 47.3. The minimum atomic E-state index is -1.31. The number of carboxylic acid groups (broad SMARTS) is 1. The smallest absolute Gasteiger partial charge is 0.321 e. The zero-order valence-electron chi connectivity index (χ0n) is 19.1. The fourth-order valence-electron chi connectivity index (χ4n) is 3.13. The summed E-state index contributed by atoms with van der Waals surface area (Å²) >= 11 is 0. The van der Waals surface area contributed by atoms with E-state index in [2.05, 4.69) is 0 Å². The van der Waals surface area contributed by atoms with Crippen LogP contribution < -0.4 is 15.2 Å². The number of rotatable bonds is 13. The predicted molar refractivity (Wildman–Crippen MR) is 116 cm³/mol. The highest BCUT2D eigenvalue weighted by atomic mass is 16.6. The van der Waals surface area contributed by atoms with E-state index in [-0.39, 0.29) is 37.4 Å². The minimum Gasteiger partial charge on any atom is -0.480 e. The molecule has 1 aromatic rings. The molecule has 0 saturated carbocycles. The Hall–Kier alpha value is -2.94. The second kappa shape index (κ2) is 13.5. The Labute approximate surface area is 188 Å². The molecule has 178 valence electrons. The van der Waals surface area contributed by atoms with E-state index >= 15 is 0 Å². The van der Waals surface area contributed by atoms with E-state index in [0.717, 1.165) is 0 Å². The molecular formula is C23H33NO8. The van der Waals surface area contributed by atoms with E-state index in [1.165, 1.54) is 12.1 Å². The third kappa shape index (κ3) is 8.30. The van der Waals surface area contributed by atoms with Gasteiger partial charge in [0.05, 0.1) is 6.61 Å². The lowest BCUT2D eigenvalue weighted by molar-refractivity contribution is -0.145. The van der Waals surface area contributed by atoms with Gasteiger partial charge in [0, 0.05) is 25.2 Å². The number of ether oxygens (including phenoxy) is 3. The first-order valence-corrected chi connectivity index (χ1v) is 10.8. The van der Waals surface area contributed by atoms with Crippen molar-refractivity contribution >= 4 is 23.9 Å². The molecule has 0 fully saturated rings. The van der Waals surface area contributed by atoms with Crippen LogP contribution in [0.1, 0.15) is 71.3 Å². The summed E-state index contributed by atoms with van der Waals surface area (Å²) in [6, 6.07) is 3.16. The molecule has 9 heteroatoms. The van der Waals surface area contributed by atoms with Gasteiger partial charge in [0.2, 0.25) is 0 Å². The molecule has 0 heterocycles. The molecule has 9 nitrogen and oxygen atoms in total. The Morgan fingerprint density at radius 3 is 2.00 bits per heavy atom. The van der Waals surface area contributed by atoms with Crippen molar-refractivity contribution in [1.82, 2.24) is 0 Å². The van der Waals surface area contributed by atoms with Crippen LogP contribution in [0.15, 0.2) is 18.2 Å². The minimum absolute atomic E-state index is 0.00532. The Balaban J connectivity index is 3.34. The van der Waals surface area contributed by atoms with E-state index in [1.807, 2.05) is 13.8 Å². The maximum atomic E-state index is 12.1. The maximum absolute atomic E-state index is 12.1. The molecule has 0 aromatic heterocycles. The monoisotopic (exact) mass is 451 g/mol. The van der Waals surface area contributed by atoms with Gasteiger partial charge in [-0.1, -0.05) is 33.8 Å². The lowest BCUT2D eigenvalue weighted by Crippen LogP contribution is -2.40. The van der Waals surface area contributed by atoms with E-state index in [0.29, 0.717) is 18.4 Å². The van der Waals surface area contributed by atoms with E-state index in [9.17, 15) is 24.3 Å². The summed E-state index contributed by atoms with van der Waals surface area (Å²) in [6.07, 6.45) is 1.70. The van der Waals surface area contributed by atoms with Crippen LogP contribution in [0, 0.1) is 5.92 Å². The van der Waals surface area contributed by atoms with Crippen molar-refractivity contribution in [3.8, 4) is 11.5 Å². The van der Waals surface area contributed by atoms with Gasteiger partial charge >= 0.3 is 23.9 Å².